The Labute approximate surface area is 148 Å². The topological polar surface area (TPSA) is 84.5 Å². The number of rotatable bonds is 7. The van der Waals surface area contributed by atoms with Gasteiger partial charge in [-0.1, -0.05) is 13.0 Å². The number of hydrogen-bond donors (Lipinski definition) is 2. The van der Waals surface area contributed by atoms with Gasteiger partial charge in [-0.25, -0.2) is 9.18 Å². The number of halogens is 1. The van der Waals surface area contributed by atoms with Gasteiger partial charge in [0.25, 0.3) is 5.91 Å². The maximum Gasteiger partial charge on any atom is 0.348 e. The molecule has 2 amide bonds. The lowest BCUT2D eigenvalue weighted by Crippen LogP contribution is -2.46. The van der Waals surface area contributed by atoms with Crippen molar-refractivity contribution in [3.63, 3.8) is 0 Å². The number of hydrogen-bond acceptors (Lipinski definition) is 5. The molecule has 0 aliphatic heterocycles. The molecule has 6 nitrogen and oxygen atoms in total. The molecule has 0 saturated heterocycles. The van der Waals surface area contributed by atoms with Crippen LogP contribution in [0.5, 0.6) is 0 Å². The molecule has 0 aliphatic rings. The van der Waals surface area contributed by atoms with E-state index in [2.05, 4.69) is 10.6 Å². The Morgan fingerprint density at radius 3 is 2.76 bits per heavy atom. The Kier molecular flexibility index (Phi) is 6.46. The summed E-state index contributed by atoms with van der Waals surface area (Å²) in [6, 6.07) is 5.24. The quantitative estimate of drug-likeness (QED) is 0.736. The third kappa shape index (κ3) is 4.99. The van der Waals surface area contributed by atoms with Gasteiger partial charge < -0.3 is 15.4 Å². The molecule has 0 fully saturated rings. The zero-order valence-electron chi connectivity index (χ0n) is 13.9. The molecule has 0 saturated carbocycles. The lowest BCUT2D eigenvalue weighted by molar-refractivity contribution is -0.130. The monoisotopic (exact) mass is 366 g/mol. The lowest BCUT2D eigenvalue weighted by atomic mass is 10.2. The minimum absolute atomic E-state index is 0.210. The van der Waals surface area contributed by atoms with Crippen molar-refractivity contribution in [1.82, 2.24) is 10.6 Å². The highest BCUT2D eigenvalue weighted by Crippen LogP contribution is 2.27. The van der Waals surface area contributed by atoms with Crippen molar-refractivity contribution in [2.24, 2.45) is 0 Å². The van der Waals surface area contributed by atoms with Crippen LogP contribution in [-0.4, -0.2) is 37.0 Å². The summed E-state index contributed by atoms with van der Waals surface area (Å²) in [4.78, 5) is 35.6. The van der Waals surface area contributed by atoms with E-state index in [1.165, 1.54) is 12.1 Å². The van der Waals surface area contributed by atoms with Crippen LogP contribution in [0.2, 0.25) is 0 Å². The van der Waals surface area contributed by atoms with Crippen molar-refractivity contribution in [1.29, 1.82) is 0 Å². The second-order valence-electron chi connectivity index (χ2n) is 5.42. The molecule has 0 radical (unpaired) electrons. The molecular weight excluding hydrogens is 347 g/mol. The number of ether oxygens (including phenoxy) is 1. The van der Waals surface area contributed by atoms with Gasteiger partial charge in [0, 0.05) is 16.6 Å². The Morgan fingerprint density at radius 2 is 2.08 bits per heavy atom. The van der Waals surface area contributed by atoms with Gasteiger partial charge in [-0.05, 0) is 31.5 Å². The standard InChI is InChI=1S/C17H19FN2O4S/c1-3-7-19-16(22)10(2)20-15(21)9-24-17(23)14-8-11-12(18)5-4-6-13(11)25-14/h4-6,8,10H,3,7,9H2,1-2H3,(H,19,22)(H,20,21)/t10-/m0/s1. The molecule has 8 heteroatoms. The normalized spacial score (nSPS) is 11.8. The van der Waals surface area contributed by atoms with Crippen molar-refractivity contribution in [2.75, 3.05) is 13.2 Å². The number of carbonyl (C=O) groups excluding carboxylic acids is 3. The summed E-state index contributed by atoms with van der Waals surface area (Å²) in [5.41, 5.74) is 0. The van der Waals surface area contributed by atoms with Crippen molar-refractivity contribution in [3.05, 3.63) is 35.0 Å². The molecule has 1 aromatic heterocycles. The van der Waals surface area contributed by atoms with Gasteiger partial charge in [-0.2, -0.15) is 0 Å². The van der Waals surface area contributed by atoms with Crippen molar-refractivity contribution < 1.29 is 23.5 Å². The molecule has 2 aromatic rings. The summed E-state index contributed by atoms with van der Waals surface area (Å²) in [5, 5.41) is 5.44. The van der Waals surface area contributed by atoms with Crippen LogP contribution in [0.3, 0.4) is 0 Å². The summed E-state index contributed by atoms with van der Waals surface area (Å²) in [5.74, 6) is -2.02. The molecule has 1 aromatic carbocycles. The fourth-order valence-electron chi connectivity index (χ4n) is 2.08. The summed E-state index contributed by atoms with van der Waals surface area (Å²) >= 11 is 1.09. The molecule has 0 unspecified atom stereocenters. The average molecular weight is 366 g/mol. The summed E-state index contributed by atoms with van der Waals surface area (Å²) in [7, 11) is 0. The third-order valence-electron chi connectivity index (χ3n) is 3.36. The SMILES string of the molecule is CCCNC(=O)[C@H](C)NC(=O)COC(=O)c1cc2c(F)cccc2s1. The minimum atomic E-state index is -0.726. The number of amides is 2. The van der Waals surface area contributed by atoms with Crippen LogP contribution in [0.4, 0.5) is 4.39 Å². The molecule has 0 aliphatic carbocycles. The molecule has 134 valence electrons. The summed E-state index contributed by atoms with van der Waals surface area (Å²) in [6.07, 6.45) is 0.791. The molecule has 2 N–H and O–H groups in total. The van der Waals surface area contributed by atoms with E-state index in [1.807, 2.05) is 6.92 Å². The summed E-state index contributed by atoms with van der Waals surface area (Å²) in [6.45, 7) is 3.47. The molecular formula is C17H19FN2O4S. The number of thiophene rings is 1. The zero-order valence-corrected chi connectivity index (χ0v) is 14.7. The number of carbonyl (C=O) groups is 3. The van der Waals surface area contributed by atoms with E-state index in [4.69, 9.17) is 4.74 Å². The van der Waals surface area contributed by atoms with Crippen molar-refractivity contribution in [2.45, 2.75) is 26.3 Å². The molecule has 1 heterocycles. The van der Waals surface area contributed by atoms with Crippen molar-refractivity contribution >= 4 is 39.2 Å². The smallest absolute Gasteiger partial charge is 0.348 e. The maximum atomic E-state index is 13.6. The van der Waals surface area contributed by atoms with E-state index in [0.29, 0.717) is 16.6 Å². The first-order chi connectivity index (χ1) is 11.9. The van der Waals surface area contributed by atoms with E-state index in [1.54, 1.807) is 19.1 Å². The van der Waals surface area contributed by atoms with Gasteiger partial charge >= 0.3 is 5.97 Å². The van der Waals surface area contributed by atoms with Gasteiger partial charge in [-0.3, -0.25) is 9.59 Å². The second kappa shape index (κ2) is 8.57. The number of esters is 1. The highest BCUT2D eigenvalue weighted by Gasteiger charge is 2.18. The van der Waals surface area contributed by atoms with E-state index in [9.17, 15) is 18.8 Å². The molecule has 0 spiro atoms. The predicted octanol–water partition coefficient (Wildman–Crippen LogP) is 2.23. The van der Waals surface area contributed by atoms with E-state index in [-0.39, 0.29) is 10.8 Å². The van der Waals surface area contributed by atoms with Gasteiger partial charge in [0.1, 0.15) is 16.7 Å². The Balaban J connectivity index is 1.87. The summed E-state index contributed by atoms with van der Waals surface area (Å²) < 4.78 is 19.2. The van der Waals surface area contributed by atoms with E-state index < -0.39 is 30.3 Å². The first-order valence-corrected chi connectivity index (χ1v) is 8.66. The number of benzene rings is 1. The fraction of sp³-hybridized carbons (Fsp3) is 0.353. The predicted molar refractivity (Wildman–Crippen MR) is 93.0 cm³/mol. The van der Waals surface area contributed by atoms with E-state index >= 15 is 0 Å². The Morgan fingerprint density at radius 1 is 1.32 bits per heavy atom. The minimum Gasteiger partial charge on any atom is -0.451 e. The van der Waals surface area contributed by atoms with Gasteiger partial charge in [0.2, 0.25) is 5.91 Å². The zero-order chi connectivity index (χ0) is 18.4. The molecule has 1 atom stereocenters. The number of nitrogens with one attached hydrogen (secondary N) is 2. The van der Waals surface area contributed by atoms with Crippen LogP contribution in [0.15, 0.2) is 24.3 Å². The average Bonchev–Trinajstić information content (AvgIpc) is 3.03. The molecule has 0 bridgehead atoms. The molecule has 25 heavy (non-hydrogen) atoms. The first-order valence-electron chi connectivity index (χ1n) is 7.84. The fourth-order valence-corrected chi connectivity index (χ4v) is 3.05. The van der Waals surface area contributed by atoms with Crippen LogP contribution in [0.1, 0.15) is 29.9 Å². The highest BCUT2D eigenvalue weighted by molar-refractivity contribution is 7.20. The third-order valence-corrected chi connectivity index (χ3v) is 4.44. The van der Waals surface area contributed by atoms with Gasteiger partial charge in [-0.15, -0.1) is 11.3 Å². The maximum absolute atomic E-state index is 13.6. The Hall–Kier alpha value is -2.48. The van der Waals surface area contributed by atoms with Crippen LogP contribution < -0.4 is 10.6 Å². The Bertz CT molecular complexity index is 790. The highest BCUT2D eigenvalue weighted by atomic mass is 32.1. The van der Waals surface area contributed by atoms with E-state index in [0.717, 1.165) is 17.8 Å². The number of fused-ring (bicyclic) bond motifs is 1. The molecule has 2 rings (SSSR count). The second-order valence-corrected chi connectivity index (χ2v) is 6.50. The van der Waals surface area contributed by atoms with Gasteiger partial charge in [0.05, 0.1) is 0 Å². The first kappa shape index (κ1) is 18.9. The lowest BCUT2D eigenvalue weighted by Gasteiger charge is -2.13. The van der Waals surface area contributed by atoms with Crippen LogP contribution in [0.25, 0.3) is 10.1 Å². The van der Waals surface area contributed by atoms with Crippen LogP contribution in [0, 0.1) is 5.82 Å². The van der Waals surface area contributed by atoms with Crippen LogP contribution in [-0.2, 0) is 14.3 Å². The van der Waals surface area contributed by atoms with Crippen LogP contribution >= 0.6 is 11.3 Å². The van der Waals surface area contributed by atoms with Crippen molar-refractivity contribution in [3.8, 4) is 0 Å². The van der Waals surface area contributed by atoms with Gasteiger partial charge in [0.15, 0.2) is 6.61 Å². The largest absolute Gasteiger partial charge is 0.451 e.